The van der Waals surface area contributed by atoms with E-state index in [9.17, 15) is 4.79 Å². The highest BCUT2D eigenvalue weighted by Gasteiger charge is 2.29. The molecule has 1 aromatic carbocycles. The van der Waals surface area contributed by atoms with Gasteiger partial charge in [0.2, 0.25) is 0 Å². The fraction of sp³-hybridized carbons (Fsp3) is 0.533. The van der Waals surface area contributed by atoms with Gasteiger partial charge in [-0.2, -0.15) is 0 Å². The van der Waals surface area contributed by atoms with Crippen molar-refractivity contribution in [3.8, 4) is 0 Å². The molecule has 0 radical (unpaired) electrons. The second-order valence-electron chi connectivity index (χ2n) is 5.34. The molecule has 0 bridgehead atoms. The number of nitrogens with zero attached hydrogens (tertiary/aromatic N) is 1. The molecular weight excluding hydrogens is 240 g/mol. The first kappa shape index (κ1) is 14.0. The van der Waals surface area contributed by atoms with Crippen molar-refractivity contribution in [2.75, 3.05) is 24.6 Å². The predicted octanol–water partition coefficient (Wildman–Crippen LogP) is 1.81. The molecule has 1 aromatic rings. The molecule has 1 atom stereocenters. The van der Waals surface area contributed by atoms with Crippen molar-refractivity contribution < 1.29 is 9.53 Å². The van der Waals surface area contributed by atoms with Gasteiger partial charge in [-0.3, -0.25) is 4.79 Å². The van der Waals surface area contributed by atoms with E-state index < -0.39 is 0 Å². The van der Waals surface area contributed by atoms with Gasteiger partial charge in [-0.25, -0.2) is 0 Å². The van der Waals surface area contributed by atoms with E-state index in [4.69, 9.17) is 10.5 Å². The van der Waals surface area contributed by atoms with Gasteiger partial charge in [0.15, 0.2) is 0 Å². The largest absolute Gasteiger partial charge is 0.365 e. The van der Waals surface area contributed by atoms with Crippen molar-refractivity contribution in [1.29, 1.82) is 0 Å². The molecule has 4 heteroatoms. The van der Waals surface area contributed by atoms with E-state index in [1.165, 1.54) is 5.56 Å². The molecule has 4 nitrogen and oxygen atoms in total. The molecule has 2 N–H and O–H groups in total. The molecule has 1 unspecified atom stereocenters. The number of hydrogen-bond donors (Lipinski definition) is 1. The van der Waals surface area contributed by atoms with Crippen LogP contribution in [0.3, 0.4) is 0 Å². The molecule has 104 valence electrons. The van der Waals surface area contributed by atoms with Gasteiger partial charge in [-0.05, 0) is 24.0 Å². The van der Waals surface area contributed by atoms with Gasteiger partial charge < -0.3 is 15.4 Å². The Morgan fingerprint density at radius 1 is 1.47 bits per heavy atom. The van der Waals surface area contributed by atoms with Crippen LogP contribution in [0.2, 0.25) is 0 Å². The summed E-state index contributed by atoms with van der Waals surface area (Å²) < 4.78 is 5.42. The van der Waals surface area contributed by atoms with Crippen LogP contribution in [0, 0.1) is 6.92 Å². The number of rotatable bonds is 3. The summed E-state index contributed by atoms with van der Waals surface area (Å²) in [5, 5.41) is 0. The van der Waals surface area contributed by atoms with Gasteiger partial charge in [0.05, 0.1) is 18.3 Å². The lowest BCUT2D eigenvalue weighted by Crippen LogP contribution is -2.49. The first-order valence-corrected chi connectivity index (χ1v) is 6.76. The quantitative estimate of drug-likeness (QED) is 0.904. The Kier molecular flexibility index (Phi) is 4.22. The smallest absolute Gasteiger partial charge is 0.253 e. The summed E-state index contributed by atoms with van der Waals surface area (Å²) in [6.07, 6.45) is -0.0719. The molecule has 0 aromatic heterocycles. The van der Waals surface area contributed by atoms with Crippen LogP contribution in [0.1, 0.15) is 30.9 Å². The van der Waals surface area contributed by atoms with Gasteiger partial charge in [0.25, 0.3) is 5.91 Å². The molecule has 0 saturated carbocycles. The van der Waals surface area contributed by atoms with E-state index in [1.54, 1.807) is 0 Å². The van der Waals surface area contributed by atoms with Crippen molar-refractivity contribution in [1.82, 2.24) is 0 Å². The Morgan fingerprint density at radius 2 is 2.21 bits per heavy atom. The molecule has 1 saturated heterocycles. The minimum Gasteiger partial charge on any atom is -0.365 e. The monoisotopic (exact) mass is 262 g/mol. The third-order valence-corrected chi connectivity index (χ3v) is 3.55. The van der Waals surface area contributed by atoms with Gasteiger partial charge in [0, 0.05) is 6.54 Å². The molecule has 1 amide bonds. The summed E-state index contributed by atoms with van der Waals surface area (Å²) in [4.78, 5) is 14.0. The average molecular weight is 262 g/mol. The van der Waals surface area contributed by atoms with Gasteiger partial charge in [-0.1, -0.05) is 32.0 Å². The lowest BCUT2D eigenvalue weighted by Gasteiger charge is -2.35. The van der Waals surface area contributed by atoms with Crippen LogP contribution in [0.15, 0.2) is 18.2 Å². The topological polar surface area (TPSA) is 55.6 Å². The van der Waals surface area contributed by atoms with Crippen LogP contribution >= 0.6 is 0 Å². The van der Waals surface area contributed by atoms with Crippen molar-refractivity contribution in [3.05, 3.63) is 29.3 Å². The number of nitrogens with two attached hydrogens (primary N) is 1. The number of morpholine rings is 1. The lowest BCUT2D eigenvalue weighted by atomic mass is 9.96. The van der Waals surface area contributed by atoms with Gasteiger partial charge in [0.1, 0.15) is 6.61 Å². The molecule has 19 heavy (non-hydrogen) atoms. The van der Waals surface area contributed by atoms with E-state index in [1.807, 2.05) is 24.0 Å². The van der Waals surface area contributed by atoms with E-state index in [-0.39, 0.29) is 18.6 Å². The predicted molar refractivity (Wildman–Crippen MR) is 76.4 cm³/mol. The van der Waals surface area contributed by atoms with E-state index in [0.29, 0.717) is 19.0 Å². The number of anilines is 1. The number of benzene rings is 1. The zero-order chi connectivity index (χ0) is 14.0. The highest BCUT2D eigenvalue weighted by molar-refractivity contribution is 5.96. The summed E-state index contributed by atoms with van der Waals surface area (Å²) in [5.74, 6) is 0.391. The summed E-state index contributed by atoms with van der Waals surface area (Å²) in [6, 6.07) is 6.17. The first-order chi connectivity index (χ1) is 9.04. The second-order valence-corrected chi connectivity index (χ2v) is 5.34. The molecule has 1 aliphatic rings. The summed E-state index contributed by atoms with van der Waals surface area (Å²) in [5.41, 5.74) is 9.02. The standard InChI is InChI=1S/C15H22N2O2/c1-10(2)13-6-4-5-11(3)15(13)17-8-12(7-16)19-9-14(17)18/h4-6,10,12H,7-9,16H2,1-3H3. The van der Waals surface area contributed by atoms with Crippen molar-refractivity contribution in [3.63, 3.8) is 0 Å². The Balaban J connectivity index is 2.41. The Morgan fingerprint density at radius 3 is 2.84 bits per heavy atom. The summed E-state index contributed by atoms with van der Waals surface area (Å²) >= 11 is 0. The Labute approximate surface area is 114 Å². The maximum atomic E-state index is 12.1. The number of ether oxygens (including phenoxy) is 1. The minimum atomic E-state index is -0.0719. The number of carbonyl (C=O) groups excluding carboxylic acids is 1. The zero-order valence-corrected chi connectivity index (χ0v) is 11.8. The highest BCUT2D eigenvalue weighted by atomic mass is 16.5. The van der Waals surface area contributed by atoms with Crippen LogP contribution < -0.4 is 10.6 Å². The van der Waals surface area contributed by atoms with Crippen LogP contribution in [0.25, 0.3) is 0 Å². The van der Waals surface area contributed by atoms with E-state index in [0.717, 1.165) is 11.3 Å². The fourth-order valence-corrected chi connectivity index (χ4v) is 2.50. The third-order valence-electron chi connectivity index (χ3n) is 3.55. The molecule has 1 heterocycles. The number of para-hydroxylation sites is 1. The van der Waals surface area contributed by atoms with Crippen molar-refractivity contribution in [2.45, 2.75) is 32.8 Å². The second kappa shape index (κ2) is 5.72. The normalized spacial score (nSPS) is 20.2. The zero-order valence-electron chi connectivity index (χ0n) is 11.8. The molecular formula is C15H22N2O2. The first-order valence-electron chi connectivity index (χ1n) is 6.76. The number of amides is 1. The van der Waals surface area contributed by atoms with E-state index >= 15 is 0 Å². The number of carbonyl (C=O) groups is 1. The van der Waals surface area contributed by atoms with Gasteiger partial charge in [-0.15, -0.1) is 0 Å². The summed E-state index contributed by atoms with van der Waals surface area (Å²) in [6.45, 7) is 7.43. The van der Waals surface area contributed by atoms with Gasteiger partial charge >= 0.3 is 0 Å². The van der Waals surface area contributed by atoms with Crippen molar-refractivity contribution in [2.24, 2.45) is 5.73 Å². The number of hydrogen-bond acceptors (Lipinski definition) is 3. The summed E-state index contributed by atoms with van der Waals surface area (Å²) in [7, 11) is 0. The lowest BCUT2D eigenvalue weighted by molar-refractivity contribution is -0.128. The highest BCUT2D eigenvalue weighted by Crippen LogP contribution is 2.32. The van der Waals surface area contributed by atoms with Crippen LogP contribution in [0.5, 0.6) is 0 Å². The molecule has 2 rings (SSSR count). The fourth-order valence-electron chi connectivity index (χ4n) is 2.50. The minimum absolute atomic E-state index is 0.0147. The van der Waals surface area contributed by atoms with Crippen LogP contribution in [0.4, 0.5) is 5.69 Å². The van der Waals surface area contributed by atoms with Crippen molar-refractivity contribution >= 4 is 11.6 Å². The molecule has 1 fully saturated rings. The maximum absolute atomic E-state index is 12.1. The van der Waals surface area contributed by atoms with E-state index in [2.05, 4.69) is 19.9 Å². The SMILES string of the molecule is Cc1cccc(C(C)C)c1N1CC(CN)OCC1=O. The maximum Gasteiger partial charge on any atom is 0.253 e. The molecule has 0 spiro atoms. The average Bonchev–Trinajstić information content (AvgIpc) is 2.39. The number of aryl methyl sites for hydroxylation is 1. The van der Waals surface area contributed by atoms with Crippen LogP contribution in [-0.2, 0) is 9.53 Å². The third kappa shape index (κ3) is 2.80. The Bertz CT molecular complexity index is 471. The Hall–Kier alpha value is -1.39. The molecule has 1 aliphatic heterocycles. The van der Waals surface area contributed by atoms with Crippen LogP contribution in [-0.4, -0.2) is 31.7 Å². The molecule has 0 aliphatic carbocycles.